The third-order valence-electron chi connectivity index (χ3n) is 4.85. The Labute approximate surface area is 149 Å². The van der Waals surface area contributed by atoms with Crippen LogP contribution < -0.4 is 5.32 Å². The fourth-order valence-corrected chi connectivity index (χ4v) is 3.27. The predicted octanol–water partition coefficient (Wildman–Crippen LogP) is 3.86. The average molecular weight is 347 g/mol. The Hall–Kier alpha value is -1.66. The van der Waals surface area contributed by atoms with Gasteiger partial charge in [-0.3, -0.25) is 0 Å². The minimum Gasteiger partial charge on any atom is -0.469 e. The minimum absolute atomic E-state index is 0.0792. The summed E-state index contributed by atoms with van der Waals surface area (Å²) in [6.07, 6.45) is 5.68. The summed E-state index contributed by atoms with van der Waals surface area (Å²) in [7, 11) is 0. The van der Waals surface area contributed by atoms with Crippen LogP contribution in [-0.4, -0.2) is 29.4 Å². The number of aromatic nitrogens is 2. The average Bonchev–Trinajstić information content (AvgIpc) is 3.30. The summed E-state index contributed by atoms with van der Waals surface area (Å²) < 4.78 is 16.6. The van der Waals surface area contributed by atoms with Gasteiger partial charge in [0.2, 0.25) is 5.89 Å². The molecule has 0 amide bonds. The SMILES string of the molecule is CC(C)c1noc([C@@H](N[C@@H](C)CCc2ccco2)C2CCOCC2)n1. The van der Waals surface area contributed by atoms with E-state index in [9.17, 15) is 0 Å². The molecule has 6 nitrogen and oxygen atoms in total. The maximum absolute atomic E-state index is 5.61. The van der Waals surface area contributed by atoms with E-state index < -0.39 is 0 Å². The summed E-state index contributed by atoms with van der Waals surface area (Å²) in [4.78, 5) is 4.65. The molecule has 1 aliphatic rings. The zero-order valence-corrected chi connectivity index (χ0v) is 15.4. The fraction of sp³-hybridized carbons (Fsp3) is 0.684. The molecule has 138 valence electrons. The summed E-state index contributed by atoms with van der Waals surface area (Å²) in [6.45, 7) is 7.97. The van der Waals surface area contributed by atoms with Crippen LogP contribution in [-0.2, 0) is 11.2 Å². The Morgan fingerprint density at radius 1 is 1.24 bits per heavy atom. The van der Waals surface area contributed by atoms with Crippen molar-refractivity contribution < 1.29 is 13.7 Å². The molecule has 0 radical (unpaired) electrons. The van der Waals surface area contributed by atoms with E-state index in [1.807, 2.05) is 12.1 Å². The van der Waals surface area contributed by atoms with Gasteiger partial charge in [0.1, 0.15) is 5.76 Å². The molecule has 2 atom stereocenters. The first-order chi connectivity index (χ1) is 12.1. The second-order valence-electron chi connectivity index (χ2n) is 7.26. The van der Waals surface area contributed by atoms with Gasteiger partial charge in [0.15, 0.2) is 5.82 Å². The highest BCUT2D eigenvalue weighted by atomic mass is 16.5. The van der Waals surface area contributed by atoms with Gasteiger partial charge in [0.05, 0.1) is 12.3 Å². The van der Waals surface area contributed by atoms with Gasteiger partial charge < -0.3 is 19.0 Å². The number of furan rings is 1. The molecule has 25 heavy (non-hydrogen) atoms. The van der Waals surface area contributed by atoms with Crippen molar-refractivity contribution in [1.29, 1.82) is 0 Å². The number of aryl methyl sites for hydroxylation is 1. The number of hydrogen-bond donors (Lipinski definition) is 1. The van der Waals surface area contributed by atoms with E-state index in [0.717, 1.165) is 50.5 Å². The lowest BCUT2D eigenvalue weighted by atomic mass is 9.90. The van der Waals surface area contributed by atoms with Crippen molar-refractivity contribution in [3.8, 4) is 0 Å². The molecule has 1 fully saturated rings. The molecule has 0 spiro atoms. The molecule has 1 saturated heterocycles. The van der Waals surface area contributed by atoms with Gasteiger partial charge in [-0.1, -0.05) is 19.0 Å². The van der Waals surface area contributed by atoms with E-state index in [1.54, 1.807) is 6.26 Å². The normalized spacial score (nSPS) is 18.6. The predicted molar refractivity (Wildman–Crippen MR) is 94.3 cm³/mol. The quantitative estimate of drug-likeness (QED) is 0.781. The molecular formula is C19H29N3O3. The van der Waals surface area contributed by atoms with Gasteiger partial charge in [-0.15, -0.1) is 0 Å². The Morgan fingerprint density at radius 3 is 2.68 bits per heavy atom. The second-order valence-corrected chi connectivity index (χ2v) is 7.26. The Morgan fingerprint density at radius 2 is 2.04 bits per heavy atom. The van der Waals surface area contributed by atoms with Gasteiger partial charge in [-0.2, -0.15) is 4.98 Å². The smallest absolute Gasteiger partial charge is 0.244 e. The van der Waals surface area contributed by atoms with Crippen LogP contribution >= 0.6 is 0 Å². The van der Waals surface area contributed by atoms with Crippen molar-refractivity contribution in [1.82, 2.24) is 15.5 Å². The summed E-state index contributed by atoms with van der Waals surface area (Å²) in [5.41, 5.74) is 0. The van der Waals surface area contributed by atoms with Gasteiger partial charge >= 0.3 is 0 Å². The highest BCUT2D eigenvalue weighted by molar-refractivity contribution is 5.01. The molecule has 2 aromatic heterocycles. The van der Waals surface area contributed by atoms with E-state index in [0.29, 0.717) is 17.9 Å². The van der Waals surface area contributed by atoms with Crippen molar-refractivity contribution in [3.63, 3.8) is 0 Å². The zero-order valence-electron chi connectivity index (χ0n) is 15.4. The lowest BCUT2D eigenvalue weighted by Crippen LogP contribution is -2.37. The molecule has 0 aromatic carbocycles. The number of nitrogens with one attached hydrogen (secondary N) is 1. The van der Waals surface area contributed by atoms with Crippen molar-refractivity contribution in [2.24, 2.45) is 5.92 Å². The van der Waals surface area contributed by atoms with E-state index in [-0.39, 0.29) is 12.0 Å². The van der Waals surface area contributed by atoms with Crippen molar-refractivity contribution in [2.45, 2.75) is 64.5 Å². The molecule has 0 saturated carbocycles. The largest absolute Gasteiger partial charge is 0.469 e. The first-order valence-corrected chi connectivity index (χ1v) is 9.33. The molecule has 3 rings (SSSR count). The maximum Gasteiger partial charge on any atom is 0.244 e. The lowest BCUT2D eigenvalue weighted by molar-refractivity contribution is 0.0469. The van der Waals surface area contributed by atoms with Crippen LogP contribution in [0.25, 0.3) is 0 Å². The summed E-state index contributed by atoms with van der Waals surface area (Å²) in [5, 5.41) is 7.88. The first kappa shape index (κ1) is 18.1. The van der Waals surface area contributed by atoms with Crippen LogP contribution in [0.15, 0.2) is 27.3 Å². The highest BCUT2D eigenvalue weighted by Crippen LogP contribution is 2.30. The summed E-state index contributed by atoms with van der Waals surface area (Å²) in [5.74, 6) is 3.23. The number of ether oxygens (including phenoxy) is 1. The van der Waals surface area contributed by atoms with E-state index in [2.05, 4.69) is 36.2 Å². The van der Waals surface area contributed by atoms with Gasteiger partial charge in [-0.25, -0.2) is 0 Å². The van der Waals surface area contributed by atoms with Crippen LogP contribution in [0, 0.1) is 5.92 Å². The molecule has 6 heteroatoms. The molecule has 1 aliphatic heterocycles. The molecular weight excluding hydrogens is 318 g/mol. The molecule has 0 bridgehead atoms. The zero-order chi connectivity index (χ0) is 17.6. The first-order valence-electron chi connectivity index (χ1n) is 9.33. The van der Waals surface area contributed by atoms with Crippen LogP contribution in [0.1, 0.15) is 69.5 Å². The van der Waals surface area contributed by atoms with Crippen LogP contribution in [0.5, 0.6) is 0 Å². The molecule has 2 aromatic rings. The number of hydrogen-bond acceptors (Lipinski definition) is 6. The molecule has 0 aliphatic carbocycles. The minimum atomic E-state index is 0.0792. The maximum atomic E-state index is 5.61. The molecule has 0 unspecified atom stereocenters. The lowest BCUT2D eigenvalue weighted by Gasteiger charge is -2.30. The molecule has 1 N–H and O–H groups in total. The summed E-state index contributed by atoms with van der Waals surface area (Å²) >= 11 is 0. The van der Waals surface area contributed by atoms with Crippen LogP contribution in [0.4, 0.5) is 0 Å². The Kier molecular flexibility index (Phi) is 6.26. The topological polar surface area (TPSA) is 73.3 Å². The monoisotopic (exact) mass is 347 g/mol. The summed E-state index contributed by atoms with van der Waals surface area (Å²) in [6, 6.07) is 4.36. The standard InChI is InChI=1S/C19H29N3O3/c1-13(2)18-21-19(25-22-18)17(15-8-11-23-12-9-15)20-14(3)6-7-16-5-4-10-24-16/h4-5,10,13-15,17,20H,6-9,11-12H2,1-3H3/t14-,17-/m0/s1. The van der Waals surface area contributed by atoms with Crippen LogP contribution in [0.3, 0.4) is 0 Å². The fourth-order valence-electron chi connectivity index (χ4n) is 3.27. The van der Waals surface area contributed by atoms with Crippen molar-refractivity contribution >= 4 is 0 Å². The van der Waals surface area contributed by atoms with Gasteiger partial charge in [-0.05, 0) is 44.2 Å². The van der Waals surface area contributed by atoms with Crippen molar-refractivity contribution in [2.75, 3.05) is 13.2 Å². The third kappa shape index (κ3) is 4.92. The van der Waals surface area contributed by atoms with Crippen molar-refractivity contribution in [3.05, 3.63) is 35.9 Å². The van der Waals surface area contributed by atoms with Crippen LogP contribution in [0.2, 0.25) is 0 Å². The highest BCUT2D eigenvalue weighted by Gasteiger charge is 2.31. The number of nitrogens with zero attached hydrogens (tertiary/aromatic N) is 2. The third-order valence-corrected chi connectivity index (χ3v) is 4.85. The molecule has 3 heterocycles. The Bertz CT molecular complexity index is 618. The second kappa shape index (κ2) is 8.63. The number of rotatable bonds is 8. The van der Waals surface area contributed by atoms with Gasteiger partial charge in [0, 0.05) is 31.6 Å². The van der Waals surface area contributed by atoms with Gasteiger partial charge in [0.25, 0.3) is 0 Å². The Balaban J connectivity index is 1.66. The van der Waals surface area contributed by atoms with E-state index >= 15 is 0 Å². The van der Waals surface area contributed by atoms with E-state index in [4.69, 9.17) is 13.7 Å². The van der Waals surface area contributed by atoms with E-state index in [1.165, 1.54) is 0 Å².